The number of nitrogens with two attached hydrogens (primary N) is 1. The van der Waals surface area contributed by atoms with Gasteiger partial charge >= 0.3 is 11.9 Å². The second-order valence-corrected chi connectivity index (χ2v) is 8.93. The molecule has 0 aromatic carbocycles. The third-order valence-electron chi connectivity index (χ3n) is 5.62. The van der Waals surface area contributed by atoms with Gasteiger partial charge in [0.2, 0.25) is 17.7 Å². The van der Waals surface area contributed by atoms with E-state index in [9.17, 15) is 34.2 Å². The van der Waals surface area contributed by atoms with Crippen LogP contribution >= 0.6 is 11.8 Å². The van der Waals surface area contributed by atoms with Gasteiger partial charge < -0.3 is 31.5 Å². The number of carboxylic acids is 2. The summed E-state index contributed by atoms with van der Waals surface area (Å²) in [5, 5.41) is 23.5. The van der Waals surface area contributed by atoms with E-state index in [-0.39, 0.29) is 18.9 Å². The van der Waals surface area contributed by atoms with Crippen LogP contribution in [0, 0.1) is 5.92 Å². The lowest BCUT2D eigenvalue weighted by Crippen LogP contribution is -2.58. The molecule has 0 bridgehead atoms. The van der Waals surface area contributed by atoms with Crippen molar-refractivity contribution < 1.29 is 34.2 Å². The molecule has 32 heavy (non-hydrogen) atoms. The van der Waals surface area contributed by atoms with E-state index in [1.54, 1.807) is 6.92 Å². The number of rotatable bonds is 13. The number of nitrogens with zero attached hydrogens (tertiary/aromatic N) is 1. The molecule has 1 saturated heterocycles. The monoisotopic (exact) mass is 474 g/mol. The molecule has 0 aromatic rings. The zero-order chi connectivity index (χ0) is 24.4. The van der Waals surface area contributed by atoms with Crippen molar-refractivity contribution in [2.75, 3.05) is 18.6 Å². The largest absolute Gasteiger partial charge is 0.481 e. The first-order valence-corrected chi connectivity index (χ1v) is 12.0. The van der Waals surface area contributed by atoms with Crippen molar-refractivity contribution in [1.82, 2.24) is 15.5 Å². The molecule has 3 amide bonds. The van der Waals surface area contributed by atoms with Gasteiger partial charge in [-0.25, -0.2) is 4.79 Å². The molecule has 1 aliphatic rings. The van der Waals surface area contributed by atoms with Crippen molar-refractivity contribution >= 4 is 41.4 Å². The highest BCUT2D eigenvalue weighted by atomic mass is 32.2. The lowest BCUT2D eigenvalue weighted by Gasteiger charge is -2.29. The van der Waals surface area contributed by atoms with E-state index in [4.69, 9.17) is 5.73 Å². The van der Waals surface area contributed by atoms with Crippen LogP contribution in [0.1, 0.15) is 46.0 Å². The van der Waals surface area contributed by atoms with E-state index in [0.29, 0.717) is 25.0 Å². The molecular formula is C20H34N4O7S. The predicted molar refractivity (Wildman–Crippen MR) is 119 cm³/mol. The maximum absolute atomic E-state index is 13.0. The Morgan fingerprint density at radius 1 is 1.12 bits per heavy atom. The number of aliphatic carboxylic acids is 2. The third kappa shape index (κ3) is 7.97. The molecule has 182 valence electrons. The maximum Gasteiger partial charge on any atom is 0.326 e. The second kappa shape index (κ2) is 13.3. The molecule has 5 unspecified atom stereocenters. The maximum atomic E-state index is 13.0. The molecule has 0 spiro atoms. The molecule has 0 aromatic heterocycles. The fraction of sp³-hybridized carbons (Fsp3) is 0.750. The number of carbonyl (C=O) groups is 5. The van der Waals surface area contributed by atoms with Crippen molar-refractivity contribution in [3.8, 4) is 0 Å². The highest BCUT2D eigenvalue weighted by Gasteiger charge is 2.38. The molecule has 1 heterocycles. The number of carboxylic acid groups (broad SMARTS) is 2. The fourth-order valence-corrected chi connectivity index (χ4v) is 3.89. The Hall–Kier alpha value is -2.34. The van der Waals surface area contributed by atoms with E-state index in [1.807, 2.05) is 13.2 Å². The Bertz CT molecular complexity index is 705. The number of likely N-dealkylation sites (tertiary alicyclic amines) is 1. The molecule has 0 radical (unpaired) electrons. The van der Waals surface area contributed by atoms with Gasteiger partial charge in [0.15, 0.2) is 0 Å². The van der Waals surface area contributed by atoms with Gasteiger partial charge in [-0.1, -0.05) is 20.3 Å². The molecule has 0 aliphatic carbocycles. The van der Waals surface area contributed by atoms with Crippen LogP contribution in [0.3, 0.4) is 0 Å². The standard InChI is InChI=1S/C20H34N4O7S/c1-4-11(2)16(21)18(28)23-13(10-15(25)26)17(27)22-12(7-9-32-3)19(29)24-8-5-6-14(24)20(30)31/h11-14,16H,4-10,21H2,1-3H3,(H,22,27)(H,23,28)(H,25,26)(H,30,31). The lowest BCUT2D eigenvalue weighted by molar-refractivity contribution is -0.149. The molecule has 1 aliphatic heterocycles. The Kier molecular flexibility index (Phi) is 11.5. The number of carbonyl (C=O) groups excluding carboxylic acids is 3. The highest BCUT2D eigenvalue weighted by Crippen LogP contribution is 2.20. The van der Waals surface area contributed by atoms with E-state index in [0.717, 1.165) is 0 Å². The number of hydrogen-bond donors (Lipinski definition) is 5. The zero-order valence-corrected chi connectivity index (χ0v) is 19.5. The Morgan fingerprint density at radius 3 is 2.28 bits per heavy atom. The summed E-state index contributed by atoms with van der Waals surface area (Å²) >= 11 is 1.44. The Labute approximate surface area is 191 Å². The van der Waals surface area contributed by atoms with Crippen LogP contribution in [-0.4, -0.2) is 87.5 Å². The molecule has 11 nitrogen and oxygen atoms in total. The Balaban J connectivity index is 2.99. The summed E-state index contributed by atoms with van der Waals surface area (Å²) in [6.07, 6.45) is 2.86. The predicted octanol–water partition coefficient (Wildman–Crippen LogP) is -0.367. The average Bonchev–Trinajstić information content (AvgIpc) is 3.24. The first-order chi connectivity index (χ1) is 15.0. The first kappa shape index (κ1) is 27.7. The fourth-order valence-electron chi connectivity index (χ4n) is 3.42. The SMILES string of the molecule is CCC(C)C(N)C(=O)NC(CC(=O)O)C(=O)NC(CCSC)C(=O)N1CCCC1C(=O)O. The first-order valence-electron chi connectivity index (χ1n) is 10.6. The van der Waals surface area contributed by atoms with Crippen LogP contribution in [0.2, 0.25) is 0 Å². The van der Waals surface area contributed by atoms with Crippen molar-refractivity contribution in [2.45, 2.75) is 70.1 Å². The van der Waals surface area contributed by atoms with Crippen LogP contribution in [0.25, 0.3) is 0 Å². The van der Waals surface area contributed by atoms with Crippen LogP contribution in [0.4, 0.5) is 0 Å². The topological polar surface area (TPSA) is 179 Å². The van der Waals surface area contributed by atoms with E-state index in [2.05, 4.69) is 10.6 Å². The van der Waals surface area contributed by atoms with E-state index in [1.165, 1.54) is 16.7 Å². The molecule has 5 atom stereocenters. The van der Waals surface area contributed by atoms with Gasteiger partial charge in [0.05, 0.1) is 12.5 Å². The van der Waals surface area contributed by atoms with Gasteiger partial charge in [0.25, 0.3) is 0 Å². The minimum absolute atomic E-state index is 0.178. The molecular weight excluding hydrogens is 440 g/mol. The summed E-state index contributed by atoms with van der Waals surface area (Å²) in [4.78, 5) is 62.2. The summed E-state index contributed by atoms with van der Waals surface area (Å²) in [6, 6.07) is -4.34. The molecule has 12 heteroatoms. The normalized spacial score (nSPS) is 19.5. The van der Waals surface area contributed by atoms with Crippen molar-refractivity contribution in [3.05, 3.63) is 0 Å². The molecule has 6 N–H and O–H groups in total. The quantitative estimate of drug-likeness (QED) is 0.238. The summed E-state index contributed by atoms with van der Waals surface area (Å²) in [7, 11) is 0. The van der Waals surface area contributed by atoms with Crippen molar-refractivity contribution in [3.63, 3.8) is 0 Å². The van der Waals surface area contributed by atoms with Gasteiger partial charge in [0.1, 0.15) is 18.1 Å². The number of thioether (sulfide) groups is 1. The minimum Gasteiger partial charge on any atom is -0.481 e. The summed E-state index contributed by atoms with van der Waals surface area (Å²) in [5.74, 6) is -4.10. The smallest absolute Gasteiger partial charge is 0.326 e. The second-order valence-electron chi connectivity index (χ2n) is 7.94. The van der Waals surface area contributed by atoms with Crippen molar-refractivity contribution in [2.24, 2.45) is 11.7 Å². The number of hydrogen-bond acceptors (Lipinski definition) is 7. The third-order valence-corrected chi connectivity index (χ3v) is 6.26. The van der Waals surface area contributed by atoms with Crippen molar-refractivity contribution in [1.29, 1.82) is 0 Å². The molecule has 1 fully saturated rings. The van der Waals surface area contributed by atoms with Gasteiger partial charge in [0, 0.05) is 6.54 Å². The average molecular weight is 475 g/mol. The van der Waals surface area contributed by atoms with Crippen LogP contribution < -0.4 is 16.4 Å². The summed E-state index contributed by atoms with van der Waals surface area (Å²) in [5.41, 5.74) is 5.88. The Morgan fingerprint density at radius 2 is 1.75 bits per heavy atom. The molecule has 1 rings (SSSR count). The van der Waals surface area contributed by atoms with E-state index < -0.39 is 60.2 Å². The minimum atomic E-state index is -1.42. The lowest BCUT2D eigenvalue weighted by atomic mass is 9.99. The van der Waals surface area contributed by atoms with Crippen LogP contribution in [0.15, 0.2) is 0 Å². The van der Waals surface area contributed by atoms with Crippen LogP contribution in [-0.2, 0) is 24.0 Å². The zero-order valence-electron chi connectivity index (χ0n) is 18.7. The summed E-state index contributed by atoms with van der Waals surface area (Å²) < 4.78 is 0. The van der Waals surface area contributed by atoms with Gasteiger partial charge in [-0.05, 0) is 37.2 Å². The summed E-state index contributed by atoms with van der Waals surface area (Å²) in [6.45, 7) is 3.88. The van der Waals surface area contributed by atoms with Gasteiger partial charge in [-0.15, -0.1) is 0 Å². The van der Waals surface area contributed by atoms with Gasteiger partial charge in [-0.2, -0.15) is 11.8 Å². The molecule has 0 saturated carbocycles. The van der Waals surface area contributed by atoms with E-state index >= 15 is 0 Å². The highest BCUT2D eigenvalue weighted by molar-refractivity contribution is 7.98. The van der Waals surface area contributed by atoms with Gasteiger partial charge in [-0.3, -0.25) is 19.2 Å². The number of amides is 3. The number of nitrogens with one attached hydrogen (secondary N) is 2. The van der Waals surface area contributed by atoms with Crippen LogP contribution in [0.5, 0.6) is 0 Å².